The lowest BCUT2D eigenvalue weighted by molar-refractivity contribution is 0.0727. The average molecular weight is 482 g/mol. The molecule has 0 saturated carbocycles. The van der Waals surface area contributed by atoms with E-state index in [9.17, 15) is 13.6 Å². The summed E-state index contributed by atoms with van der Waals surface area (Å²) < 4.78 is 44.2. The molecule has 2 aromatic carbocycles. The van der Waals surface area contributed by atoms with Crippen LogP contribution in [0.5, 0.6) is 11.5 Å². The molecule has 35 heavy (non-hydrogen) atoms. The van der Waals surface area contributed by atoms with Crippen LogP contribution in [0.1, 0.15) is 35.1 Å². The first-order valence-electron chi connectivity index (χ1n) is 10.7. The molecule has 0 aliphatic carbocycles. The van der Waals surface area contributed by atoms with E-state index in [-0.39, 0.29) is 34.5 Å². The van der Waals surface area contributed by atoms with Crippen molar-refractivity contribution in [3.8, 4) is 28.6 Å². The van der Waals surface area contributed by atoms with E-state index < -0.39 is 23.6 Å². The maximum absolute atomic E-state index is 14.5. The summed E-state index contributed by atoms with van der Waals surface area (Å²) in [7, 11) is 2.66. The van der Waals surface area contributed by atoms with Crippen molar-refractivity contribution in [1.29, 1.82) is 0 Å². The first-order chi connectivity index (χ1) is 17.0. The lowest BCUT2D eigenvalue weighted by Crippen LogP contribution is -2.32. The van der Waals surface area contributed by atoms with E-state index in [1.54, 1.807) is 11.0 Å². The van der Waals surface area contributed by atoms with Crippen molar-refractivity contribution in [3.05, 3.63) is 65.7 Å². The minimum atomic E-state index is -0.652. The summed E-state index contributed by atoms with van der Waals surface area (Å²) in [4.78, 5) is 20.8. The molecule has 10 nitrogen and oxygen atoms in total. The van der Waals surface area contributed by atoms with Crippen LogP contribution in [0, 0.1) is 11.6 Å². The highest BCUT2D eigenvalue weighted by Gasteiger charge is 2.36. The predicted octanol–water partition coefficient (Wildman–Crippen LogP) is 3.59. The Balaban J connectivity index is 1.50. The summed E-state index contributed by atoms with van der Waals surface area (Å²) in [5.41, 5.74) is 0.626. The number of carbonyl (C=O) groups excluding carboxylic acids is 1. The SMILES string of the molecule is COc1cc(C(=O)N2CCC[C@H]2c2noc(-c3cccc(F)c3OC)n2)c(-n2nccn2)cc1F. The predicted molar refractivity (Wildman–Crippen MR) is 117 cm³/mol. The Morgan fingerprint density at radius 2 is 1.91 bits per heavy atom. The van der Waals surface area contributed by atoms with Gasteiger partial charge in [0.1, 0.15) is 5.69 Å². The van der Waals surface area contributed by atoms with Gasteiger partial charge in [0.15, 0.2) is 29.0 Å². The Kier molecular flexibility index (Phi) is 5.85. The molecule has 0 bridgehead atoms. The van der Waals surface area contributed by atoms with Crippen molar-refractivity contribution in [1.82, 2.24) is 30.0 Å². The zero-order valence-corrected chi connectivity index (χ0v) is 18.8. The van der Waals surface area contributed by atoms with Crippen molar-refractivity contribution in [2.45, 2.75) is 18.9 Å². The van der Waals surface area contributed by atoms with E-state index in [2.05, 4.69) is 20.3 Å². The topological polar surface area (TPSA) is 108 Å². The number of benzene rings is 2. The van der Waals surface area contributed by atoms with Gasteiger partial charge in [-0.05, 0) is 31.0 Å². The molecule has 0 spiro atoms. The van der Waals surface area contributed by atoms with Gasteiger partial charge >= 0.3 is 0 Å². The van der Waals surface area contributed by atoms with E-state index in [1.165, 1.54) is 49.6 Å². The first-order valence-corrected chi connectivity index (χ1v) is 10.7. The minimum Gasteiger partial charge on any atom is -0.494 e. The molecular weight excluding hydrogens is 462 g/mol. The number of aromatic nitrogens is 5. The summed E-state index contributed by atoms with van der Waals surface area (Å²) in [6.07, 6.45) is 4.13. The van der Waals surface area contributed by atoms with Crippen LogP contribution < -0.4 is 9.47 Å². The van der Waals surface area contributed by atoms with E-state index in [1.807, 2.05) is 0 Å². The molecule has 5 rings (SSSR count). The molecule has 12 heteroatoms. The lowest BCUT2D eigenvalue weighted by Gasteiger charge is -2.23. The highest BCUT2D eigenvalue weighted by molar-refractivity contribution is 5.98. The molecule has 1 atom stereocenters. The van der Waals surface area contributed by atoms with E-state index in [4.69, 9.17) is 14.0 Å². The third kappa shape index (κ3) is 3.96. The molecule has 1 aliphatic heterocycles. The monoisotopic (exact) mass is 482 g/mol. The fourth-order valence-electron chi connectivity index (χ4n) is 4.17. The minimum absolute atomic E-state index is 0.0168. The van der Waals surface area contributed by atoms with Crippen molar-refractivity contribution in [2.75, 3.05) is 20.8 Å². The lowest BCUT2D eigenvalue weighted by atomic mass is 10.1. The maximum atomic E-state index is 14.5. The zero-order chi connectivity index (χ0) is 24.5. The number of carbonyl (C=O) groups is 1. The molecule has 2 aromatic heterocycles. The zero-order valence-electron chi connectivity index (χ0n) is 18.8. The van der Waals surface area contributed by atoms with Gasteiger partial charge in [0.2, 0.25) is 0 Å². The number of likely N-dealkylation sites (tertiary alicyclic amines) is 1. The Labute approximate surface area is 198 Å². The van der Waals surface area contributed by atoms with E-state index >= 15 is 0 Å². The van der Waals surface area contributed by atoms with Crippen molar-refractivity contribution in [3.63, 3.8) is 0 Å². The fourth-order valence-corrected chi connectivity index (χ4v) is 4.17. The van der Waals surface area contributed by atoms with Gasteiger partial charge in [-0.1, -0.05) is 11.2 Å². The number of hydrogen-bond acceptors (Lipinski definition) is 8. The Morgan fingerprint density at radius 3 is 2.66 bits per heavy atom. The maximum Gasteiger partial charge on any atom is 0.261 e. The summed E-state index contributed by atoms with van der Waals surface area (Å²) in [5.74, 6) is -1.37. The van der Waals surface area contributed by atoms with Gasteiger partial charge in [-0.3, -0.25) is 4.79 Å². The Morgan fingerprint density at radius 1 is 1.11 bits per heavy atom. The van der Waals surface area contributed by atoms with Crippen molar-refractivity contribution in [2.24, 2.45) is 0 Å². The van der Waals surface area contributed by atoms with Crippen molar-refractivity contribution < 1.29 is 27.6 Å². The quantitative estimate of drug-likeness (QED) is 0.410. The van der Waals surface area contributed by atoms with Gasteiger partial charge in [-0.15, -0.1) is 0 Å². The standard InChI is InChI=1S/C23H20F2N6O4/c1-33-19-11-14(18(12-16(19)25)31-26-8-9-27-31)23(32)30-10-4-7-17(30)21-28-22(35-29-21)13-5-3-6-15(24)20(13)34-2/h3,5-6,8-9,11-12,17H,4,7,10H2,1-2H3/t17-/m0/s1. The number of hydrogen-bond donors (Lipinski definition) is 0. The van der Waals surface area contributed by atoms with Crippen LogP contribution in [-0.4, -0.2) is 56.7 Å². The molecule has 1 amide bonds. The number of amides is 1. The Bertz CT molecular complexity index is 1370. The second-order valence-corrected chi connectivity index (χ2v) is 7.76. The fraction of sp³-hybridized carbons (Fsp3) is 0.261. The molecule has 180 valence electrons. The van der Waals surface area contributed by atoms with Crippen LogP contribution in [0.2, 0.25) is 0 Å². The van der Waals surface area contributed by atoms with Crippen LogP contribution in [0.15, 0.2) is 47.2 Å². The number of nitrogens with zero attached hydrogens (tertiary/aromatic N) is 6. The molecule has 1 fully saturated rings. The smallest absolute Gasteiger partial charge is 0.261 e. The van der Waals surface area contributed by atoms with E-state index in [0.717, 1.165) is 6.07 Å². The molecule has 3 heterocycles. The molecule has 1 aliphatic rings. The first kappa shape index (κ1) is 22.4. The van der Waals surface area contributed by atoms with E-state index in [0.29, 0.717) is 24.9 Å². The normalized spacial score (nSPS) is 15.4. The molecule has 4 aromatic rings. The average Bonchev–Trinajstić information content (AvgIpc) is 3.64. The van der Waals surface area contributed by atoms with Gasteiger partial charge < -0.3 is 18.9 Å². The molecule has 0 N–H and O–H groups in total. The molecule has 1 saturated heterocycles. The second-order valence-electron chi connectivity index (χ2n) is 7.76. The van der Waals surface area contributed by atoms with Crippen LogP contribution in [-0.2, 0) is 0 Å². The number of rotatable bonds is 6. The summed E-state index contributed by atoms with van der Waals surface area (Å²) in [6.45, 7) is 0.419. The summed E-state index contributed by atoms with van der Waals surface area (Å²) >= 11 is 0. The van der Waals surface area contributed by atoms with Crippen LogP contribution in [0.4, 0.5) is 8.78 Å². The largest absolute Gasteiger partial charge is 0.494 e. The summed E-state index contributed by atoms with van der Waals surface area (Å²) in [5, 5.41) is 12.1. The number of para-hydroxylation sites is 1. The van der Waals surface area contributed by atoms with Gasteiger partial charge in [0.05, 0.1) is 43.8 Å². The number of ether oxygens (including phenoxy) is 2. The second kappa shape index (κ2) is 9.12. The molecule has 0 unspecified atom stereocenters. The van der Waals surface area contributed by atoms with Crippen LogP contribution >= 0.6 is 0 Å². The highest BCUT2D eigenvalue weighted by Crippen LogP contribution is 2.36. The van der Waals surface area contributed by atoms with Gasteiger partial charge in [0, 0.05) is 12.6 Å². The Hall–Kier alpha value is -4.35. The summed E-state index contributed by atoms with van der Waals surface area (Å²) in [6, 6.07) is 6.35. The molecule has 0 radical (unpaired) electrons. The van der Waals surface area contributed by atoms with Gasteiger partial charge in [-0.2, -0.15) is 20.0 Å². The van der Waals surface area contributed by atoms with Crippen LogP contribution in [0.25, 0.3) is 17.1 Å². The third-order valence-electron chi connectivity index (χ3n) is 5.79. The van der Waals surface area contributed by atoms with Crippen molar-refractivity contribution >= 4 is 5.91 Å². The number of methoxy groups -OCH3 is 2. The van der Waals surface area contributed by atoms with Gasteiger partial charge in [0.25, 0.3) is 11.8 Å². The number of halogens is 2. The highest BCUT2D eigenvalue weighted by atomic mass is 19.1. The third-order valence-corrected chi connectivity index (χ3v) is 5.79. The van der Waals surface area contributed by atoms with Crippen LogP contribution in [0.3, 0.4) is 0 Å². The molecular formula is C23H20F2N6O4. The van der Waals surface area contributed by atoms with Gasteiger partial charge in [-0.25, -0.2) is 8.78 Å².